The smallest absolute Gasteiger partial charge is 0.257 e. The second-order valence-corrected chi connectivity index (χ2v) is 6.68. The Kier molecular flexibility index (Phi) is 5.51. The van der Waals surface area contributed by atoms with Crippen molar-refractivity contribution in [1.82, 2.24) is 10.2 Å². The number of aliphatic hydroxyl groups excluding tert-OH is 1. The van der Waals surface area contributed by atoms with Crippen LogP contribution in [-0.4, -0.2) is 48.3 Å². The van der Waals surface area contributed by atoms with E-state index in [4.69, 9.17) is 4.74 Å². The molecule has 2 N–H and O–H groups in total. The van der Waals surface area contributed by atoms with Gasteiger partial charge < -0.3 is 15.2 Å². The Morgan fingerprint density at radius 3 is 2.91 bits per heavy atom. The zero-order chi connectivity index (χ0) is 16.1. The van der Waals surface area contributed by atoms with Gasteiger partial charge in [0.05, 0.1) is 6.10 Å². The number of nitrogens with zero attached hydrogens (tertiary/aromatic N) is 1. The molecule has 1 aromatic carbocycles. The highest BCUT2D eigenvalue weighted by atomic mass is 16.5. The fraction of sp³-hybridized carbons (Fsp3) is 0.611. The van der Waals surface area contributed by atoms with Gasteiger partial charge in [-0.05, 0) is 44.2 Å². The first-order chi connectivity index (χ1) is 11.2. The highest BCUT2D eigenvalue weighted by Crippen LogP contribution is 2.27. The molecule has 1 saturated carbocycles. The molecule has 5 heteroatoms. The Balaban J connectivity index is 1.51. The average molecular weight is 318 g/mol. The zero-order valence-electron chi connectivity index (χ0n) is 13.5. The number of para-hydroxylation sites is 1. The number of carbonyl (C=O) groups excluding carboxylic acids is 1. The first-order valence-corrected chi connectivity index (χ1v) is 8.58. The van der Waals surface area contributed by atoms with Gasteiger partial charge in [-0.15, -0.1) is 0 Å². The third kappa shape index (κ3) is 5.22. The minimum atomic E-state index is -0.231. The molecule has 1 unspecified atom stereocenters. The minimum absolute atomic E-state index is 0.0555. The lowest BCUT2D eigenvalue weighted by atomic mass is 10.1. The maximum atomic E-state index is 11.8. The van der Waals surface area contributed by atoms with Gasteiger partial charge in [-0.3, -0.25) is 9.69 Å². The van der Waals surface area contributed by atoms with Gasteiger partial charge in [-0.25, -0.2) is 0 Å². The van der Waals surface area contributed by atoms with Crippen LogP contribution in [0.2, 0.25) is 0 Å². The molecule has 126 valence electrons. The highest BCUT2D eigenvalue weighted by molar-refractivity contribution is 5.77. The van der Waals surface area contributed by atoms with Crippen molar-refractivity contribution in [2.24, 2.45) is 5.92 Å². The van der Waals surface area contributed by atoms with Crippen LogP contribution in [0.4, 0.5) is 0 Å². The van der Waals surface area contributed by atoms with Crippen LogP contribution in [0.3, 0.4) is 0 Å². The van der Waals surface area contributed by atoms with Gasteiger partial charge in [0.25, 0.3) is 5.91 Å². The quantitative estimate of drug-likeness (QED) is 0.801. The summed E-state index contributed by atoms with van der Waals surface area (Å²) >= 11 is 0. The van der Waals surface area contributed by atoms with Crippen LogP contribution < -0.4 is 10.1 Å². The summed E-state index contributed by atoms with van der Waals surface area (Å²) in [5.74, 6) is 1.38. The molecule has 0 bridgehead atoms. The Hall–Kier alpha value is -1.59. The van der Waals surface area contributed by atoms with Crippen LogP contribution in [0.25, 0.3) is 0 Å². The predicted octanol–water partition coefficient (Wildman–Crippen LogP) is 1.55. The summed E-state index contributed by atoms with van der Waals surface area (Å²) in [6, 6.07) is 7.84. The van der Waals surface area contributed by atoms with Gasteiger partial charge in [0.2, 0.25) is 0 Å². The maximum absolute atomic E-state index is 11.8. The predicted molar refractivity (Wildman–Crippen MR) is 88.2 cm³/mol. The highest BCUT2D eigenvalue weighted by Gasteiger charge is 2.22. The van der Waals surface area contributed by atoms with Gasteiger partial charge in [-0.2, -0.15) is 0 Å². The molecular weight excluding hydrogens is 292 g/mol. The van der Waals surface area contributed by atoms with Crippen molar-refractivity contribution < 1.29 is 14.6 Å². The SMILES string of the molecule is O=C(COc1ccccc1CN1CCCC(O)C1)NCC1CC1. The summed E-state index contributed by atoms with van der Waals surface area (Å²) in [5.41, 5.74) is 1.07. The molecule has 1 aliphatic carbocycles. The number of carbonyl (C=O) groups is 1. The third-order valence-corrected chi connectivity index (χ3v) is 4.49. The number of hydrogen-bond donors (Lipinski definition) is 2. The van der Waals surface area contributed by atoms with Crippen molar-refractivity contribution in [1.29, 1.82) is 0 Å². The van der Waals surface area contributed by atoms with Gasteiger partial charge in [0.15, 0.2) is 6.61 Å². The second kappa shape index (κ2) is 7.79. The van der Waals surface area contributed by atoms with Gasteiger partial charge in [0.1, 0.15) is 5.75 Å². The third-order valence-electron chi connectivity index (χ3n) is 4.49. The zero-order valence-corrected chi connectivity index (χ0v) is 13.5. The second-order valence-electron chi connectivity index (χ2n) is 6.68. The average Bonchev–Trinajstić information content (AvgIpc) is 3.36. The van der Waals surface area contributed by atoms with Crippen molar-refractivity contribution in [3.63, 3.8) is 0 Å². The van der Waals surface area contributed by atoms with E-state index in [2.05, 4.69) is 10.2 Å². The number of β-amino-alcohol motifs (C(OH)–C–C–N with tert-alkyl or cyclic N) is 1. The van der Waals surface area contributed by atoms with E-state index < -0.39 is 0 Å². The van der Waals surface area contributed by atoms with E-state index >= 15 is 0 Å². The van der Waals surface area contributed by atoms with E-state index in [1.165, 1.54) is 12.8 Å². The van der Waals surface area contributed by atoms with Crippen LogP contribution in [0.5, 0.6) is 5.75 Å². The molecule has 3 rings (SSSR count). The van der Waals surface area contributed by atoms with Crippen LogP contribution >= 0.6 is 0 Å². The number of piperidine rings is 1. The molecular formula is C18H26N2O3. The molecule has 1 atom stereocenters. The van der Waals surface area contributed by atoms with Crippen LogP contribution in [-0.2, 0) is 11.3 Å². The molecule has 1 aliphatic heterocycles. The van der Waals surface area contributed by atoms with Crippen LogP contribution in [0, 0.1) is 5.92 Å². The molecule has 23 heavy (non-hydrogen) atoms. The fourth-order valence-electron chi connectivity index (χ4n) is 2.97. The molecule has 0 aromatic heterocycles. The molecule has 2 aliphatic rings. The Morgan fingerprint density at radius 2 is 2.13 bits per heavy atom. The van der Waals surface area contributed by atoms with Crippen LogP contribution in [0.1, 0.15) is 31.2 Å². The number of aliphatic hydroxyl groups is 1. The Labute approximate surface area is 137 Å². The first kappa shape index (κ1) is 16.3. The lowest BCUT2D eigenvalue weighted by Gasteiger charge is -2.30. The van der Waals surface area contributed by atoms with E-state index in [0.29, 0.717) is 12.5 Å². The summed E-state index contributed by atoms with van der Waals surface area (Å²) in [5, 5.41) is 12.7. The number of rotatable bonds is 7. The topological polar surface area (TPSA) is 61.8 Å². The van der Waals surface area contributed by atoms with Crippen molar-refractivity contribution >= 4 is 5.91 Å². The molecule has 1 amide bonds. The summed E-state index contributed by atoms with van der Waals surface area (Å²) in [6.07, 6.45) is 4.13. The first-order valence-electron chi connectivity index (χ1n) is 8.58. The molecule has 1 saturated heterocycles. The minimum Gasteiger partial charge on any atom is -0.483 e. The largest absolute Gasteiger partial charge is 0.483 e. The normalized spacial score (nSPS) is 21.9. The fourth-order valence-corrected chi connectivity index (χ4v) is 2.97. The van der Waals surface area contributed by atoms with Crippen molar-refractivity contribution in [3.05, 3.63) is 29.8 Å². The van der Waals surface area contributed by atoms with Gasteiger partial charge >= 0.3 is 0 Å². The number of ether oxygens (including phenoxy) is 1. The van der Waals surface area contributed by atoms with Crippen LogP contribution in [0.15, 0.2) is 24.3 Å². The summed E-state index contributed by atoms with van der Waals surface area (Å²) in [6.45, 7) is 3.28. The van der Waals surface area contributed by atoms with Crippen molar-refractivity contribution in [2.75, 3.05) is 26.2 Å². The molecule has 0 radical (unpaired) electrons. The Morgan fingerprint density at radius 1 is 1.30 bits per heavy atom. The lowest BCUT2D eigenvalue weighted by molar-refractivity contribution is -0.123. The summed E-state index contributed by atoms with van der Waals surface area (Å²) in [7, 11) is 0. The lowest BCUT2D eigenvalue weighted by Crippen LogP contribution is -2.37. The number of benzene rings is 1. The van der Waals surface area contributed by atoms with Crippen molar-refractivity contribution in [2.45, 2.75) is 38.3 Å². The monoisotopic (exact) mass is 318 g/mol. The van der Waals surface area contributed by atoms with E-state index in [0.717, 1.165) is 43.8 Å². The standard InChI is InChI=1S/C18H26N2O3/c21-16-5-3-9-20(12-16)11-15-4-1-2-6-17(15)23-13-18(22)19-10-14-7-8-14/h1-2,4,6,14,16,21H,3,5,7-13H2,(H,19,22). The maximum Gasteiger partial charge on any atom is 0.257 e. The van der Waals surface area contributed by atoms with Crippen molar-refractivity contribution in [3.8, 4) is 5.75 Å². The van der Waals surface area contributed by atoms with Gasteiger partial charge in [-0.1, -0.05) is 18.2 Å². The van der Waals surface area contributed by atoms with E-state index in [9.17, 15) is 9.90 Å². The van der Waals surface area contributed by atoms with E-state index in [1.807, 2.05) is 24.3 Å². The van der Waals surface area contributed by atoms with E-state index in [-0.39, 0.29) is 18.6 Å². The summed E-state index contributed by atoms with van der Waals surface area (Å²) < 4.78 is 5.72. The molecule has 0 spiro atoms. The molecule has 5 nitrogen and oxygen atoms in total. The molecule has 1 aromatic rings. The Bertz CT molecular complexity index is 531. The molecule has 2 fully saturated rings. The summed E-state index contributed by atoms with van der Waals surface area (Å²) in [4.78, 5) is 14.1. The number of amides is 1. The van der Waals surface area contributed by atoms with E-state index in [1.54, 1.807) is 0 Å². The number of likely N-dealkylation sites (tertiary alicyclic amines) is 1. The van der Waals surface area contributed by atoms with Gasteiger partial charge in [0, 0.05) is 25.2 Å². The number of nitrogens with one attached hydrogen (secondary N) is 1. The number of hydrogen-bond acceptors (Lipinski definition) is 4. The molecule has 1 heterocycles.